The summed E-state index contributed by atoms with van der Waals surface area (Å²) >= 11 is 0. The van der Waals surface area contributed by atoms with Gasteiger partial charge < -0.3 is 25.3 Å². The van der Waals surface area contributed by atoms with Crippen LogP contribution in [0, 0.1) is 0 Å². The van der Waals surface area contributed by atoms with E-state index < -0.39 is 0 Å². The van der Waals surface area contributed by atoms with E-state index in [0.29, 0.717) is 37.7 Å². The molecule has 1 saturated heterocycles. The fourth-order valence-corrected chi connectivity index (χ4v) is 2.75. The first-order valence-electron chi connectivity index (χ1n) is 8.76. The zero-order valence-electron chi connectivity index (χ0n) is 15.2. The van der Waals surface area contributed by atoms with Gasteiger partial charge in [0.1, 0.15) is 0 Å². The van der Waals surface area contributed by atoms with Crippen LogP contribution >= 0.6 is 0 Å². The molecular formula is C19H23N5O3. The molecule has 0 unspecified atom stereocenters. The number of carbonyl (C=O) groups is 2. The molecule has 3 rings (SSSR count). The molecule has 2 aromatic rings. The number of aliphatic imine (C=N–C) groups is 1. The van der Waals surface area contributed by atoms with Crippen molar-refractivity contribution in [3.05, 3.63) is 59.5 Å². The molecule has 2 amide bonds. The van der Waals surface area contributed by atoms with Gasteiger partial charge in [-0.3, -0.25) is 14.6 Å². The van der Waals surface area contributed by atoms with Crippen LogP contribution < -0.4 is 16.0 Å². The first-order chi connectivity index (χ1) is 13.2. The first-order valence-corrected chi connectivity index (χ1v) is 8.76. The molecule has 1 aliphatic rings. The van der Waals surface area contributed by atoms with Crippen molar-refractivity contribution in [3.8, 4) is 0 Å². The minimum Gasteiger partial charge on any atom is -0.472 e. The monoisotopic (exact) mass is 369 g/mol. The molecule has 1 aliphatic heterocycles. The van der Waals surface area contributed by atoms with Crippen LogP contribution in [-0.2, 0) is 17.9 Å². The predicted molar refractivity (Wildman–Crippen MR) is 101 cm³/mol. The van der Waals surface area contributed by atoms with Crippen LogP contribution in [0.2, 0.25) is 0 Å². The summed E-state index contributed by atoms with van der Waals surface area (Å²) in [6.45, 7) is 2.34. The highest BCUT2D eigenvalue weighted by Crippen LogP contribution is 2.09. The third-order valence-corrected chi connectivity index (χ3v) is 4.25. The van der Waals surface area contributed by atoms with E-state index in [9.17, 15) is 9.59 Å². The van der Waals surface area contributed by atoms with Gasteiger partial charge in [0.15, 0.2) is 5.96 Å². The minimum atomic E-state index is -0.123. The number of hydrogen-bond acceptors (Lipinski definition) is 4. The maximum absolute atomic E-state index is 12.5. The predicted octanol–water partition coefficient (Wildman–Crippen LogP) is 0.717. The summed E-state index contributed by atoms with van der Waals surface area (Å²) in [7, 11) is 1.71. The van der Waals surface area contributed by atoms with Crippen molar-refractivity contribution in [2.24, 2.45) is 4.99 Å². The molecule has 0 saturated carbocycles. The number of benzene rings is 1. The van der Waals surface area contributed by atoms with Crippen molar-refractivity contribution in [2.45, 2.75) is 13.1 Å². The number of hydrogen-bond donors (Lipinski definition) is 3. The molecule has 8 nitrogen and oxygen atoms in total. The van der Waals surface area contributed by atoms with E-state index in [1.165, 1.54) is 0 Å². The molecule has 1 aromatic heterocycles. The SMILES string of the molecule is CN=C(NCc1ccc(C(=O)N2CCNC(=O)C2)cc1)NCc1ccoc1. The average Bonchev–Trinajstić information content (AvgIpc) is 3.21. The Hall–Kier alpha value is -3.29. The van der Waals surface area contributed by atoms with Gasteiger partial charge in [0, 0.05) is 44.4 Å². The summed E-state index contributed by atoms with van der Waals surface area (Å²) in [5, 5.41) is 9.14. The molecule has 3 N–H and O–H groups in total. The fraction of sp³-hybridized carbons (Fsp3) is 0.316. The highest BCUT2D eigenvalue weighted by Gasteiger charge is 2.22. The van der Waals surface area contributed by atoms with Crippen LogP contribution in [0.15, 0.2) is 52.3 Å². The average molecular weight is 369 g/mol. The smallest absolute Gasteiger partial charge is 0.254 e. The van der Waals surface area contributed by atoms with E-state index in [1.54, 1.807) is 36.6 Å². The van der Waals surface area contributed by atoms with Gasteiger partial charge in [-0.2, -0.15) is 0 Å². The lowest BCUT2D eigenvalue weighted by atomic mass is 10.1. The van der Waals surface area contributed by atoms with Crippen molar-refractivity contribution >= 4 is 17.8 Å². The maximum Gasteiger partial charge on any atom is 0.254 e. The second-order valence-electron chi connectivity index (χ2n) is 6.18. The largest absolute Gasteiger partial charge is 0.472 e. The molecule has 1 aromatic carbocycles. The van der Waals surface area contributed by atoms with Crippen LogP contribution in [0.1, 0.15) is 21.5 Å². The second-order valence-corrected chi connectivity index (χ2v) is 6.18. The Labute approximate surface area is 157 Å². The van der Waals surface area contributed by atoms with E-state index in [1.807, 2.05) is 18.2 Å². The quantitative estimate of drug-likeness (QED) is 0.533. The number of furan rings is 1. The van der Waals surface area contributed by atoms with Gasteiger partial charge in [-0.25, -0.2) is 0 Å². The number of nitrogens with one attached hydrogen (secondary N) is 3. The molecule has 0 atom stereocenters. The van der Waals surface area contributed by atoms with Gasteiger partial charge in [0.05, 0.1) is 19.1 Å². The van der Waals surface area contributed by atoms with E-state index in [2.05, 4.69) is 20.9 Å². The Balaban J connectivity index is 1.50. The lowest BCUT2D eigenvalue weighted by Gasteiger charge is -2.26. The van der Waals surface area contributed by atoms with Crippen LogP contribution in [0.4, 0.5) is 0 Å². The number of carbonyl (C=O) groups excluding carboxylic acids is 2. The third-order valence-electron chi connectivity index (χ3n) is 4.25. The molecule has 0 radical (unpaired) electrons. The molecular weight excluding hydrogens is 346 g/mol. The Morgan fingerprint density at radius 1 is 1.19 bits per heavy atom. The fourth-order valence-electron chi connectivity index (χ4n) is 2.75. The molecule has 142 valence electrons. The highest BCUT2D eigenvalue weighted by molar-refractivity contribution is 5.97. The second kappa shape index (κ2) is 8.88. The molecule has 0 bridgehead atoms. The zero-order chi connectivity index (χ0) is 19.1. The molecule has 27 heavy (non-hydrogen) atoms. The highest BCUT2D eigenvalue weighted by atomic mass is 16.3. The van der Waals surface area contributed by atoms with Crippen LogP contribution in [-0.4, -0.2) is 49.4 Å². The van der Waals surface area contributed by atoms with Crippen molar-refractivity contribution in [1.82, 2.24) is 20.9 Å². The number of guanidine groups is 1. The molecule has 8 heteroatoms. The number of amides is 2. The number of rotatable bonds is 5. The van der Waals surface area contributed by atoms with Crippen molar-refractivity contribution in [3.63, 3.8) is 0 Å². The summed E-state index contributed by atoms with van der Waals surface area (Å²) in [5.41, 5.74) is 2.64. The number of nitrogens with zero attached hydrogens (tertiary/aromatic N) is 2. The van der Waals surface area contributed by atoms with Gasteiger partial charge >= 0.3 is 0 Å². The Kier molecular flexibility index (Phi) is 6.09. The Morgan fingerprint density at radius 3 is 2.56 bits per heavy atom. The van der Waals surface area contributed by atoms with E-state index >= 15 is 0 Å². The summed E-state index contributed by atoms with van der Waals surface area (Å²) in [5.74, 6) is 0.433. The normalized spacial score (nSPS) is 14.6. The van der Waals surface area contributed by atoms with Gasteiger partial charge in [-0.15, -0.1) is 0 Å². The van der Waals surface area contributed by atoms with Gasteiger partial charge in [-0.1, -0.05) is 12.1 Å². The van der Waals surface area contributed by atoms with Crippen molar-refractivity contribution in [1.29, 1.82) is 0 Å². The van der Waals surface area contributed by atoms with Crippen LogP contribution in [0.25, 0.3) is 0 Å². The van der Waals surface area contributed by atoms with E-state index in [0.717, 1.165) is 11.1 Å². The molecule has 1 fully saturated rings. The summed E-state index contributed by atoms with van der Waals surface area (Å²) in [6, 6.07) is 9.25. The molecule has 2 heterocycles. The first kappa shape index (κ1) is 18.5. The summed E-state index contributed by atoms with van der Waals surface area (Å²) in [6.07, 6.45) is 3.31. The van der Waals surface area contributed by atoms with E-state index in [4.69, 9.17) is 4.42 Å². The Morgan fingerprint density at radius 2 is 1.93 bits per heavy atom. The topological polar surface area (TPSA) is 99.0 Å². The molecule has 0 spiro atoms. The van der Waals surface area contributed by atoms with Gasteiger partial charge in [0.25, 0.3) is 5.91 Å². The Bertz CT molecular complexity index is 799. The van der Waals surface area contributed by atoms with Gasteiger partial charge in [0.2, 0.25) is 5.91 Å². The number of piperazine rings is 1. The zero-order valence-corrected chi connectivity index (χ0v) is 15.2. The van der Waals surface area contributed by atoms with Gasteiger partial charge in [-0.05, 0) is 23.8 Å². The van der Waals surface area contributed by atoms with Crippen LogP contribution in [0.5, 0.6) is 0 Å². The maximum atomic E-state index is 12.5. The van der Waals surface area contributed by atoms with E-state index in [-0.39, 0.29) is 18.4 Å². The standard InChI is InChI=1S/C19H23N5O3/c1-20-19(23-11-15-6-9-27-13-15)22-10-14-2-4-16(5-3-14)18(26)24-8-7-21-17(25)12-24/h2-6,9,13H,7-8,10-12H2,1H3,(H,21,25)(H2,20,22,23). The molecule has 0 aliphatic carbocycles. The summed E-state index contributed by atoms with van der Waals surface area (Å²) < 4.78 is 5.04. The lowest BCUT2D eigenvalue weighted by molar-refractivity contribution is -0.123. The lowest BCUT2D eigenvalue weighted by Crippen LogP contribution is -2.49. The third kappa shape index (κ3) is 5.10. The minimum absolute atomic E-state index is 0.112. The van der Waals surface area contributed by atoms with Crippen LogP contribution in [0.3, 0.4) is 0 Å². The van der Waals surface area contributed by atoms with Crippen molar-refractivity contribution < 1.29 is 14.0 Å². The summed E-state index contributed by atoms with van der Waals surface area (Å²) in [4.78, 5) is 29.6. The van der Waals surface area contributed by atoms with Crippen molar-refractivity contribution in [2.75, 3.05) is 26.7 Å².